The van der Waals surface area contributed by atoms with Gasteiger partial charge in [0.1, 0.15) is 5.75 Å². The van der Waals surface area contributed by atoms with E-state index in [1.807, 2.05) is 19.1 Å². The van der Waals surface area contributed by atoms with E-state index in [4.69, 9.17) is 21.4 Å². The average Bonchev–Trinajstić information content (AvgIpc) is 2.29. The molecule has 0 fully saturated rings. The molecule has 0 saturated carbocycles. The molecule has 3 nitrogen and oxygen atoms in total. The van der Waals surface area contributed by atoms with Gasteiger partial charge in [-0.15, -0.1) is 0 Å². The second kappa shape index (κ2) is 6.29. The molecule has 0 radical (unpaired) electrons. The molecule has 0 aliphatic rings. The van der Waals surface area contributed by atoms with Crippen molar-refractivity contribution in [2.24, 2.45) is 0 Å². The van der Waals surface area contributed by atoms with Crippen LogP contribution in [0, 0.1) is 0 Å². The highest BCUT2D eigenvalue weighted by Gasteiger charge is 2.21. The summed E-state index contributed by atoms with van der Waals surface area (Å²) in [7, 11) is 0. The van der Waals surface area contributed by atoms with Gasteiger partial charge in [0.05, 0.1) is 5.02 Å². The zero-order valence-electron chi connectivity index (χ0n) is 11.9. The van der Waals surface area contributed by atoms with E-state index >= 15 is 0 Å². The van der Waals surface area contributed by atoms with Crippen LogP contribution in [0.4, 0.5) is 0 Å². The summed E-state index contributed by atoms with van der Waals surface area (Å²) < 4.78 is 5.48. The molecule has 1 aromatic carbocycles. The maximum Gasteiger partial charge on any atom is 0.344 e. The van der Waals surface area contributed by atoms with E-state index in [9.17, 15) is 4.79 Å². The summed E-state index contributed by atoms with van der Waals surface area (Å²) >= 11 is 6.17. The van der Waals surface area contributed by atoms with Gasteiger partial charge >= 0.3 is 5.97 Å². The van der Waals surface area contributed by atoms with Crippen molar-refractivity contribution in [2.45, 2.75) is 52.1 Å². The van der Waals surface area contributed by atoms with Gasteiger partial charge in [-0.05, 0) is 29.5 Å². The van der Waals surface area contributed by atoms with Crippen LogP contribution in [0.15, 0.2) is 18.2 Å². The number of benzene rings is 1. The Morgan fingerprint density at radius 1 is 1.42 bits per heavy atom. The minimum atomic E-state index is -0.960. The fourth-order valence-corrected chi connectivity index (χ4v) is 1.94. The third-order valence-electron chi connectivity index (χ3n) is 2.89. The number of halogens is 1. The van der Waals surface area contributed by atoms with Gasteiger partial charge < -0.3 is 9.84 Å². The highest BCUT2D eigenvalue weighted by Crippen LogP contribution is 2.32. The molecule has 1 N–H and O–H groups in total. The molecule has 0 heterocycles. The summed E-state index contributed by atoms with van der Waals surface area (Å²) in [6.45, 7) is 8.20. The van der Waals surface area contributed by atoms with E-state index < -0.39 is 12.1 Å². The van der Waals surface area contributed by atoms with Crippen LogP contribution in [0.5, 0.6) is 5.75 Å². The fourth-order valence-electron chi connectivity index (χ4n) is 1.71. The largest absolute Gasteiger partial charge is 0.479 e. The molecule has 1 atom stereocenters. The van der Waals surface area contributed by atoms with Crippen molar-refractivity contribution in [1.29, 1.82) is 0 Å². The molecule has 0 saturated heterocycles. The molecule has 1 aromatic rings. The van der Waals surface area contributed by atoms with Crippen molar-refractivity contribution in [1.82, 2.24) is 0 Å². The lowest BCUT2D eigenvalue weighted by Gasteiger charge is -2.21. The van der Waals surface area contributed by atoms with Crippen LogP contribution in [0.25, 0.3) is 0 Å². The Morgan fingerprint density at radius 2 is 2.05 bits per heavy atom. The standard InChI is InChI=1S/C15H21ClO3/c1-5-6-13(14(17)18)19-12-8-7-10(9-11(12)16)15(2,3)4/h7-9,13H,5-6H2,1-4H3,(H,17,18). The van der Waals surface area contributed by atoms with Gasteiger partial charge in [-0.2, -0.15) is 0 Å². The van der Waals surface area contributed by atoms with Crippen LogP contribution in [0.1, 0.15) is 46.1 Å². The molecule has 0 amide bonds. The van der Waals surface area contributed by atoms with Gasteiger partial charge in [-0.25, -0.2) is 4.79 Å². The number of ether oxygens (including phenoxy) is 1. The summed E-state index contributed by atoms with van der Waals surface area (Å²) in [4.78, 5) is 11.1. The van der Waals surface area contributed by atoms with E-state index in [0.29, 0.717) is 17.2 Å². The predicted octanol–water partition coefficient (Wildman–Crippen LogP) is 4.27. The molecule has 0 bridgehead atoms. The molecule has 106 valence electrons. The molecule has 1 rings (SSSR count). The van der Waals surface area contributed by atoms with Gasteiger partial charge in [0.25, 0.3) is 0 Å². The van der Waals surface area contributed by atoms with Crippen molar-refractivity contribution in [2.75, 3.05) is 0 Å². The Kier molecular flexibility index (Phi) is 5.24. The predicted molar refractivity (Wildman–Crippen MR) is 77.1 cm³/mol. The average molecular weight is 285 g/mol. The Bertz CT molecular complexity index is 449. The Morgan fingerprint density at radius 3 is 2.47 bits per heavy atom. The van der Waals surface area contributed by atoms with Crippen LogP contribution in [-0.2, 0) is 10.2 Å². The summed E-state index contributed by atoms with van der Waals surface area (Å²) in [6.07, 6.45) is 0.365. The first kappa shape index (κ1) is 15.8. The Labute approximate surface area is 119 Å². The van der Waals surface area contributed by atoms with Crippen molar-refractivity contribution in [3.8, 4) is 5.75 Å². The minimum absolute atomic E-state index is 0.00219. The first-order chi connectivity index (χ1) is 8.75. The van der Waals surface area contributed by atoms with Crippen LogP contribution >= 0.6 is 11.6 Å². The van der Waals surface area contributed by atoms with Crippen LogP contribution < -0.4 is 4.74 Å². The van der Waals surface area contributed by atoms with Crippen molar-refractivity contribution in [3.63, 3.8) is 0 Å². The lowest BCUT2D eigenvalue weighted by molar-refractivity contribution is -0.145. The quantitative estimate of drug-likeness (QED) is 0.878. The number of hydrogen-bond donors (Lipinski definition) is 1. The highest BCUT2D eigenvalue weighted by atomic mass is 35.5. The third kappa shape index (κ3) is 4.43. The lowest BCUT2D eigenvalue weighted by Crippen LogP contribution is -2.26. The van der Waals surface area contributed by atoms with Gasteiger partial charge in [0, 0.05) is 0 Å². The monoisotopic (exact) mass is 284 g/mol. The van der Waals surface area contributed by atoms with E-state index in [-0.39, 0.29) is 5.41 Å². The second-order valence-electron chi connectivity index (χ2n) is 5.63. The molecule has 0 aromatic heterocycles. The second-order valence-corrected chi connectivity index (χ2v) is 6.04. The molecular weight excluding hydrogens is 264 g/mol. The molecular formula is C15H21ClO3. The van der Waals surface area contributed by atoms with Crippen molar-refractivity contribution < 1.29 is 14.6 Å². The number of rotatable bonds is 5. The van der Waals surface area contributed by atoms with Gasteiger partial charge in [-0.1, -0.05) is 51.8 Å². The maximum absolute atomic E-state index is 11.1. The van der Waals surface area contributed by atoms with Crippen LogP contribution in [0.3, 0.4) is 0 Å². The Balaban J connectivity index is 2.93. The van der Waals surface area contributed by atoms with Crippen LogP contribution in [0.2, 0.25) is 5.02 Å². The van der Waals surface area contributed by atoms with Crippen molar-refractivity contribution >= 4 is 17.6 Å². The molecule has 4 heteroatoms. The summed E-state index contributed by atoms with van der Waals surface area (Å²) in [5.74, 6) is -0.534. The van der Waals surface area contributed by atoms with Gasteiger partial charge in [0.2, 0.25) is 0 Å². The minimum Gasteiger partial charge on any atom is -0.479 e. The van der Waals surface area contributed by atoms with Crippen LogP contribution in [-0.4, -0.2) is 17.2 Å². The molecule has 1 unspecified atom stereocenters. The summed E-state index contributed by atoms with van der Waals surface area (Å²) in [5, 5.41) is 9.53. The lowest BCUT2D eigenvalue weighted by atomic mass is 9.87. The van der Waals surface area contributed by atoms with E-state index in [2.05, 4.69) is 20.8 Å². The van der Waals surface area contributed by atoms with Gasteiger partial charge in [-0.3, -0.25) is 0 Å². The van der Waals surface area contributed by atoms with Crippen molar-refractivity contribution in [3.05, 3.63) is 28.8 Å². The summed E-state index contributed by atoms with van der Waals surface area (Å²) in [5.41, 5.74) is 1.09. The smallest absolute Gasteiger partial charge is 0.344 e. The fraction of sp³-hybridized carbons (Fsp3) is 0.533. The maximum atomic E-state index is 11.1. The highest BCUT2D eigenvalue weighted by molar-refractivity contribution is 6.32. The number of hydrogen-bond acceptors (Lipinski definition) is 2. The normalized spacial score (nSPS) is 13.1. The van der Waals surface area contributed by atoms with E-state index in [1.165, 1.54) is 0 Å². The molecule has 0 aliphatic carbocycles. The molecule has 0 spiro atoms. The number of carboxylic acid groups (broad SMARTS) is 1. The van der Waals surface area contributed by atoms with E-state index in [1.54, 1.807) is 6.07 Å². The number of aliphatic carboxylic acids is 1. The molecule has 19 heavy (non-hydrogen) atoms. The zero-order valence-corrected chi connectivity index (χ0v) is 12.6. The van der Waals surface area contributed by atoms with E-state index in [0.717, 1.165) is 12.0 Å². The number of carbonyl (C=O) groups is 1. The number of carboxylic acids is 1. The zero-order chi connectivity index (χ0) is 14.6. The first-order valence-electron chi connectivity index (χ1n) is 6.45. The third-order valence-corrected chi connectivity index (χ3v) is 3.19. The Hall–Kier alpha value is -1.22. The first-order valence-corrected chi connectivity index (χ1v) is 6.83. The summed E-state index contributed by atoms with van der Waals surface area (Å²) in [6, 6.07) is 5.50. The van der Waals surface area contributed by atoms with Gasteiger partial charge in [0.15, 0.2) is 6.10 Å². The topological polar surface area (TPSA) is 46.5 Å². The SMILES string of the molecule is CCCC(Oc1ccc(C(C)(C)C)cc1Cl)C(=O)O. The molecule has 0 aliphatic heterocycles.